The molecule has 0 fully saturated rings. The molecule has 0 bridgehead atoms. The van der Waals surface area contributed by atoms with Crippen LogP contribution >= 0.6 is 0 Å². The maximum atomic E-state index is 13.5. The lowest BCUT2D eigenvalue weighted by molar-refractivity contribution is 0.207. The monoisotopic (exact) mass is 308 g/mol. The van der Waals surface area contributed by atoms with Crippen molar-refractivity contribution in [2.24, 2.45) is 0 Å². The lowest BCUT2D eigenvalue weighted by Crippen LogP contribution is -2.33. The van der Waals surface area contributed by atoms with Gasteiger partial charge < -0.3 is 4.57 Å². The molecule has 0 saturated heterocycles. The van der Waals surface area contributed by atoms with Crippen LogP contribution in [0.25, 0.3) is 11.3 Å². The molecular weight excluding hydrogens is 291 g/mol. The molecule has 1 aliphatic rings. The van der Waals surface area contributed by atoms with Crippen LogP contribution in [-0.4, -0.2) is 26.0 Å². The van der Waals surface area contributed by atoms with E-state index < -0.39 is 0 Å². The fourth-order valence-electron chi connectivity index (χ4n) is 3.04. The molecule has 4 nitrogen and oxygen atoms in total. The zero-order valence-corrected chi connectivity index (χ0v) is 12.7. The summed E-state index contributed by atoms with van der Waals surface area (Å²) in [5.74, 6) is 0.803. The Morgan fingerprint density at radius 2 is 2.00 bits per heavy atom. The second kappa shape index (κ2) is 5.93. The number of halogens is 1. The van der Waals surface area contributed by atoms with Gasteiger partial charge in [0.05, 0.1) is 24.1 Å². The van der Waals surface area contributed by atoms with Crippen molar-refractivity contribution in [1.29, 1.82) is 0 Å². The maximum Gasteiger partial charge on any atom is 0.123 e. The highest BCUT2D eigenvalue weighted by atomic mass is 19.1. The Balaban J connectivity index is 1.55. The van der Waals surface area contributed by atoms with Gasteiger partial charge in [-0.1, -0.05) is 18.2 Å². The van der Waals surface area contributed by atoms with Gasteiger partial charge in [-0.2, -0.15) is 0 Å². The summed E-state index contributed by atoms with van der Waals surface area (Å²) in [6.07, 6.45) is 3.66. The zero-order chi connectivity index (χ0) is 15.6. The standard InChI is InChI=1S/C18H17FN4/c19-15-5-3-4-14(10-15)17-11-21-18-13-22(8-9-23(17)18)12-16-6-1-2-7-20-16/h1-7,10-11H,8-9,12-13H2. The Hall–Kier alpha value is -2.53. The minimum absolute atomic E-state index is 0.217. The Labute approximate surface area is 134 Å². The smallest absolute Gasteiger partial charge is 0.123 e. The molecule has 1 aromatic carbocycles. The number of nitrogens with zero attached hydrogens (tertiary/aromatic N) is 4. The molecule has 2 aromatic heterocycles. The van der Waals surface area contributed by atoms with Crippen LogP contribution in [0.3, 0.4) is 0 Å². The second-order valence-corrected chi connectivity index (χ2v) is 5.75. The Morgan fingerprint density at radius 1 is 1.04 bits per heavy atom. The molecule has 0 saturated carbocycles. The number of aromatic nitrogens is 3. The highest BCUT2D eigenvalue weighted by Crippen LogP contribution is 2.25. The highest BCUT2D eigenvalue weighted by Gasteiger charge is 2.20. The lowest BCUT2D eigenvalue weighted by Gasteiger charge is -2.28. The van der Waals surface area contributed by atoms with Gasteiger partial charge >= 0.3 is 0 Å². The van der Waals surface area contributed by atoms with Gasteiger partial charge in [-0.25, -0.2) is 9.37 Å². The van der Waals surface area contributed by atoms with Crippen LogP contribution in [-0.2, 0) is 19.6 Å². The molecule has 0 radical (unpaired) electrons. The summed E-state index contributed by atoms with van der Waals surface area (Å²) in [5.41, 5.74) is 2.93. The number of benzene rings is 1. The van der Waals surface area contributed by atoms with Crippen LogP contribution in [0, 0.1) is 5.82 Å². The van der Waals surface area contributed by atoms with E-state index in [0.717, 1.165) is 49.0 Å². The topological polar surface area (TPSA) is 34.0 Å². The normalized spacial score (nSPS) is 14.7. The number of imidazole rings is 1. The fourth-order valence-corrected chi connectivity index (χ4v) is 3.04. The van der Waals surface area contributed by atoms with E-state index in [1.54, 1.807) is 12.1 Å². The molecule has 4 rings (SSSR count). The van der Waals surface area contributed by atoms with Crippen molar-refractivity contribution in [2.75, 3.05) is 6.54 Å². The van der Waals surface area contributed by atoms with Gasteiger partial charge in [0.25, 0.3) is 0 Å². The predicted octanol–water partition coefficient (Wildman–Crippen LogP) is 3.10. The lowest BCUT2D eigenvalue weighted by atomic mass is 10.1. The minimum Gasteiger partial charge on any atom is -0.326 e. The average Bonchev–Trinajstić information content (AvgIpc) is 2.99. The van der Waals surface area contributed by atoms with Crippen molar-refractivity contribution in [3.63, 3.8) is 0 Å². The Bertz CT molecular complexity index is 813. The van der Waals surface area contributed by atoms with Crippen LogP contribution in [0.2, 0.25) is 0 Å². The third kappa shape index (κ3) is 2.87. The summed E-state index contributed by atoms with van der Waals surface area (Å²) in [6, 6.07) is 12.7. The number of fused-ring (bicyclic) bond motifs is 1. The molecule has 0 amide bonds. The molecule has 0 spiro atoms. The number of hydrogen-bond donors (Lipinski definition) is 0. The van der Waals surface area contributed by atoms with E-state index in [1.165, 1.54) is 6.07 Å². The minimum atomic E-state index is -0.217. The van der Waals surface area contributed by atoms with Crippen molar-refractivity contribution >= 4 is 0 Å². The first-order chi connectivity index (χ1) is 11.3. The molecule has 1 aliphatic heterocycles. The molecule has 0 aliphatic carbocycles. The van der Waals surface area contributed by atoms with Crippen LogP contribution in [0.1, 0.15) is 11.5 Å². The number of rotatable bonds is 3. The molecule has 5 heteroatoms. The quantitative estimate of drug-likeness (QED) is 0.745. The Kier molecular flexibility index (Phi) is 3.63. The molecule has 0 unspecified atom stereocenters. The Morgan fingerprint density at radius 3 is 2.83 bits per heavy atom. The van der Waals surface area contributed by atoms with Crippen LogP contribution in [0.5, 0.6) is 0 Å². The van der Waals surface area contributed by atoms with Crippen molar-refractivity contribution in [2.45, 2.75) is 19.6 Å². The molecule has 23 heavy (non-hydrogen) atoms. The van der Waals surface area contributed by atoms with E-state index in [9.17, 15) is 4.39 Å². The SMILES string of the molecule is Fc1cccc(-c2cnc3n2CCN(Cc2ccccn2)C3)c1. The number of pyridine rings is 1. The first-order valence-electron chi connectivity index (χ1n) is 7.72. The molecule has 3 heterocycles. The van der Waals surface area contributed by atoms with Gasteiger partial charge in [-0.3, -0.25) is 9.88 Å². The van der Waals surface area contributed by atoms with Gasteiger partial charge in [-0.05, 0) is 24.3 Å². The maximum absolute atomic E-state index is 13.5. The number of hydrogen-bond acceptors (Lipinski definition) is 3. The first kappa shape index (κ1) is 14.1. The molecule has 0 N–H and O–H groups in total. The predicted molar refractivity (Wildman–Crippen MR) is 86.0 cm³/mol. The molecule has 0 atom stereocenters. The van der Waals surface area contributed by atoms with Crippen molar-refractivity contribution in [3.8, 4) is 11.3 Å². The van der Waals surface area contributed by atoms with E-state index in [4.69, 9.17) is 0 Å². The van der Waals surface area contributed by atoms with Crippen LogP contribution < -0.4 is 0 Å². The van der Waals surface area contributed by atoms with E-state index in [2.05, 4.69) is 19.4 Å². The van der Waals surface area contributed by atoms with Crippen molar-refractivity contribution in [3.05, 3.63) is 72.2 Å². The van der Waals surface area contributed by atoms with E-state index >= 15 is 0 Å². The van der Waals surface area contributed by atoms with Crippen LogP contribution in [0.4, 0.5) is 4.39 Å². The van der Waals surface area contributed by atoms with Gasteiger partial charge in [0.1, 0.15) is 11.6 Å². The molecule has 3 aromatic rings. The van der Waals surface area contributed by atoms with Gasteiger partial charge in [0, 0.05) is 31.4 Å². The summed E-state index contributed by atoms with van der Waals surface area (Å²) < 4.78 is 15.6. The largest absolute Gasteiger partial charge is 0.326 e. The second-order valence-electron chi connectivity index (χ2n) is 5.75. The first-order valence-corrected chi connectivity index (χ1v) is 7.72. The van der Waals surface area contributed by atoms with Gasteiger partial charge in [0.15, 0.2) is 0 Å². The summed E-state index contributed by atoms with van der Waals surface area (Å²) in [5, 5.41) is 0. The summed E-state index contributed by atoms with van der Waals surface area (Å²) >= 11 is 0. The summed E-state index contributed by atoms with van der Waals surface area (Å²) in [7, 11) is 0. The van der Waals surface area contributed by atoms with E-state index in [-0.39, 0.29) is 5.82 Å². The third-order valence-corrected chi connectivity index (χ3v) is 4.18. The van der Waals surface area contributed by atoms with Crippen LogP contribution in [0.15, 0.2) is 54.9 Å². The third-order valence-electron chi connectivity index (χ3n) is 4.18. The summed E-state index contributed by atoms with van der Waals surface area (Å²) in [4.78, 5) is 11.2. The molecular formula is C18H17FN4. The average molecular weight is 308 g/mol. The fraction of sp³-hybridized carbons (Fsp3) is 0.222. The highest BCUT2D eigenvalue weighted by molar-refractivity contribution is 5.59. The molecule has 116 valence electrons. The van der Waals surface area contributed by atoms with Gasteiger partial charge in [0.2, 0.25) is 0 Å². The van der Waals surface area contributed by atoms with Crippen molar-refractivity contribution < 1.29 is 4.39 Å². The summed E-state index contributed by atoms with van der Waals surface area (Å²) in [6.45, 7) is 3.39. The van der Waals surface area contributed by atoms with Gasteiger partial charge in [-0.15, -0.1) is 0 Å². The van der Waals surface area contributed by atoms with E-state index in [1.807, 2.05) is 36.7 Å². The van der Waals surface area contributed by atoms with Crippen molar-refractivity contribution in [1.82, 2.24) is 19.4 Å². The van der Waals surface area contributed by atoms with E-state index in [0.29, 0.717) is 0 Å². The zero-order valence-electron chi connectivity index (χ0n) is 12.7.